The fraction of sp³-hybridized carbons (Fsp3) is 0.700. The molecule has 3 N–H and O–H groups in total. The van der Waals surface area contributed by atoms with Crippen LogP contribution in [0.2, 0.25) is 0 Å². The molecule has 0 aliphatic carbocycles. The zero-order chi connectivity index (χ0) is 13.1. The van der Waals surface area contributed by atoms with E-state index < -0.39 is 12.2 Å². The maximum atomic E-state index is 12.6. The largest absolute Gasteiger partial charge is 0.405 e. The topological polar surface area (TPSA) is 55.9 Å². The first-order valence-electron chi connectivity index (χ1n) is 5.50. The van der Waals surface area contributed by atoms with Crippen LogP contribution in [-0.2, 0) is 19.4 Å². The minimum Gasteiger partial charge on any atom is -0.271 e. The normalized spacial score (nSPS) is 14.0. The molecule has 0 fully saturated rings. The number of aryl methyl sites for hydroxylation is 2. The van der Waals surface area contributed by atoms with Gasteiger partial charge in [0.15, 0.2) is 0 Å². The highest BCUT2D eigenvalue weighted by molar-refractivity contribution is 5.12. The summed E-state index contributed by atoms with van der Waals surface area (Å²) in [5.41, 5.74) is 3.14. The Bertz CT molecular complexity index is 359. The summed E-state index contributed by atoms with van der Waals surface area (Å²) in [5, 5.41) is 4.20. The van der Waals surface area contributed by atoms with Crippen molar-refractivity contribution in [1.82, 2.24) is 15.2 Å². The first-order valence-corrected chi connectivity index (χ1v) is 5.50. The molecule has 1 heterocycles. The van der Waals surface area contributed by atoms with E-state index in [0.29, 0.717) is 18.7 Å². The Morgan fingerprint density at radius 3 is 2.53 bits per heavy atom. The van der Waals surface area contributed by atoms with Crippen LogP contribution in [0.25, 0.3) is 0 Å². The van der Waals surface area contributed by atoms with Crippen molar-refractivity contribution in [2.45, 2.75) is 45.5 Å². The van der Waals surface area contributed by atoms with Crippen molar-refractivity contribution in [3.05, 3.63) is 17.5 Å². The summed E-state index contributed by atoms with van der Waals surface area (Å²) in [6.45, 7) is 4.30. The van der Waals surface area contributed by atoms with E-state index in [4.69, 9.17) is 5.84 Å². The van der Waals surface area contributed by atoms with E-state index >= 15 is 0 Å². The molecule has 0 amide bonds. The van der Waals surface area contributed by atoms with Gasteiger partial charge in [-0.15, -0.1) is 0 Å². The number of rotatable bonds is 5. The second kappa shape index (κ2) is 5.50. The molecule has 0 radical (unpaired) electrons. The number of aromatic nitrogens is 2. The number of hydrogen-bond acceptors (Lipinski definition) is 3. The van der Waals surface area contributed by atoms with Gasteiger partial charge in [0.1, 0.15) is 6.04 Å². The lowest BCUT2D eigenvalue weighted by molar-refractivity contribution is -0.155. The number of halogens is 3. The number of hydrogen-bond donors (Lipinski definition) is 2. The number of alkyl halides is 3. The van der Waals surface area contributed by atoms with Gasteiger partial charge in [0, 0.05) is 18.7 Å². The van der Waals surface area contributed by atoms with Crippen LogP contribution in [0.3, 0.4) is 0 Å². The average molecular weight is 250 g/mol. The van der Waals surface area contributed by atoms with Crippen LogP contribution in [0.4, 0.5) is 13.2 Å². The van der Waals surface area contributed by atoms with Gasteiger partial charge in [-0.05, 0) is 19.4 Å². The Hall–Kier alpha value is -1.08. The van der Waals surface area contributed by atoms with E-state index in [1.165, 1.54) is 0 Å². The van der Waals surface area contributed by atoms with Gasteiger partial charge < -0.3 is 0 Å². The highest BCUT2D eigenvalue weighted by Crippen LogP contribution is 2.23. The summed E-state index contributed by atoms with van der Waals surface area (Å²) in [7, 11) is 0. The quantitative estimate of drug-likeness (QED) is 0.613. The van der Waals surface area contributed by atoms with Gasteiger partial charge in [0.05, 0.1) is 5.69 Å². The van der Waals surface area contributed by atoms with Crippen molar-refractivity contribution in [3.63, 3.8) is 0 Å². The van der Waals surface area contributed by atoms with Gasteiger partial charge >= 0.3 is 6.18 Å². The molecule has 0 bridgehead atoms. The van der Waals surface area contributed by atoms with Crippen LogP contribution in [0.1, 0.15) is 25.2 Å². The van der Waals surface area contributed by atoms with Gasteiger partial charge in [-0.1, -0.05) is 6.92 Å². The molecule has 1 aromatic rings. The molecule has 1 atom stereocenters. The molecule has 17 heavy (non-hydrogen) atoms. The lowest BCUT2D eigenvalue weighted by atomic mass is 10.1. The Labute approximate surface area is 97.9 Å². The molecular weight excluding hydrogens is 233 g/mol. The number of nitrogens with one attached hydrogen (secondary N) is 1. The van der Waals surface area contributed by atoms with Crippen molar-refractivity contribution in [3.8, 4) is 0 Å². The highest BCUT2D eigenvalue weighted by Gasteiger charge is 2.39. The van der Waals surface area contributed by atoms with Crippen LogP contribution in [0.15, 0.2) is 6.07 Å². The molecule has 0 aliphatic heterocycles. The fourth-order valence-corrected chi connectivity index (χ4v) is 1.60. The van der Waals surface area contributed by atoms with Crippen molar-refractivity contribution in [2.24, 2.45) is 5.84 Å². The molecule has 0 aliphatic rings. The molecule has 1 aromatic heterocycles. The van der Waals surface area contributed by atoms with Crippen LogP contribution in [-0.4, -0.2) is 22.0 Å². The zero-order valence-electron chi connectivity index (χ0n) is 9.88. The Kier molecular flexibility index (Phi) is 4.53. The third-order valence-electron chi connectivity index (χ3n) is 2.59. The monoisotopic (exact) mass is 250 g/mol. The minimum absolute atomic E-state index is 0.208. The second-order valence-corrected chi connectivity index (χ2v) is 3.76. The first kappa shape index (κ1) is 14.0. The maximum absolute atomic E-state index is 12.6. The van der Waals surface area contributed by atoms with E-state index in [2.05, 4.69) is 5.10 Å². The molecule has 1 unspecified atom stereocenters. The molecule has 7 heteroatoms. The summed E-state index contributed by atoms with van der Waals surface area (Å²) in [5.74, 6) is 4.94. The predicted octanol–water partition coefficient (Wildman–Crippen LogP) is 1.40. The van der Waals surface area contributed by atoms with Gasteiger partial charge in [-0.25, -0.2) is 5.43 Å². The Balaban J connectivity index is 2.89. The molecule has 4 nitrogen and oxygen atoms in total. The van der Waals surface area contributed by atoms with Crippen LogP contribution < -0.4 is 11.3 Å². The average Bonchev–Trinajstić information content (AvgIpc) is 2.66. The SMILES string of the molecule is CCc1cc(CC(NN)C(F)(F)F)n(CC)n1. The summed E-state index contributed by atoms with van der Waals surface area (Å²) in [4.78, 5) is 0. The standard InChI is InChI=1S/C10H17F3N4/c1-3-7-5-8(17(4-2)16-7)6-9(15-14)10(11,12)13/h5,9,15H,3-4,6,14H2,1-2H3. The van der Waals surface area contributed by atoms with E-state index in [9.17, 15) is 13.2 Å². The van der Waals surface area contributed by atoms with E-state index in [1.807, 2.05) is 13.8 Å². The van der Waals surface area contributed by atoms with Gasteiger partial charge in [0.25, 0.3) is 0 Å². The third kappa shape index (κ3) is 3.44. The molecule has 0 aromatic carbocycles. The minimum atomic E-state index is -4.36. The molecular formula is C10H17F3N4. The third-order valence-corrected chi connectivity index (χ3v) is 2.59. The van der Waals surface area contributed by atoms with E-state index in [-0.39, 0.29) is 6.42 Å². The Morgan fingerprint density at radius 1 is 1.47 bits per heavy atom. The van der Waals surface area contributed by atoms with Crippen molar-refractivity contribution in [2.75, 3.05) is 0 Å². The summed E-state index contributed by atoms with van der Waals surface area (Å²) in [6.07, 6.45) is -3.86. The fourth-order valence-electron chi connectivity index (χ4n) is 1.60. The molecule has 0 saturated carbocycles. The van der Waals surface area contributed by atoms with Crippen molar-refractivity contribution < 1.29 is 13.2 Å². The van der Waals surface area contributed by atoms with Crippen LogP contribution >= 0.6 is 0 Å². The van der Waals surface area contributed by atoms with E-state index in [0.717, 1.165) is 5.69 Å². The summed E-state index contributed by atoms with van der Waals surface area (Å²) >= 11 is 0. The summed E-state index contributed by atoms with van der Waals surface area (Å²) < 4.78 is 39.3. The van der Waals surface area contributed by atoms with E-state index in [1.54, 1.807) is 16.2 Å². The Morgan fingerprint density at radius 2 is 2.12 bits per heavy atom. The van der Waals surface area contributed by atoms with Crippen LogP contribution in [0.5, 0.6) is 0 Å². The predicted molar refractivity (Wildman–Crippen MR) is 58.1 cm³/mol. The van der Waals surface area contributed by atoms with Gasteiger partial charge in [-0.3, -0.25) is 10.5 Å². The van der Waals surface area contributed by atoms with Crippen LogP contribution in [0, 0.1) is 0 Å². The van der Waals surface area contributed by atoms with Crippen molar-refractivity contribution in [1.29, 1.82) is 0 Å². The molecule has 0 spiro atoms. The number of hydrazine groups is 1. The second-order valence-electron chi connectivity index (χ2n) is 3.76. The first-order chi connectivity index (χ1) is 7.92. The van der Waals surface area contributed by atoms with Gasteiger partial charge in [0.2, 0.25) is 0 Å². The molecule has 98 valence electrons. The lowest BCUT2D eigenvalue weighted by Crippen LogP contribution is -2.47. The maximum Gasteiger partial charge on any atom is 0.405 e. The smallest absolute Gasteiger partial charge is 0.271 e. The highest BCUT2D eigenvalue weighted by atomic mass is 19.4. The zero-order valence-corrected chi connectivity index (χ0v) is 9.88. The lowest BCUT2D eigenvalue weighted by Gasteiger charge is -2.19. The van der Waals surface area contributed by atoms with Crippen molar-refractivity contribution >= 4 is 0 Å². The van der Waals surface area contributed by atoms with Gasteiger partial charge in [-0.2, -0.15) is 18.3 Å². The summed E-state index contributed by atoms with van der Waals surface area (Å²) in [6, 6.07) is -0.0474. The number of nitrogens with two attached hydrogens (primary N) is 1. The molecule has 0 saturated heterocycles. The molecule has 1 rings (SSSR count). The number of nitrogens with zero attached hydrogens (tertiary/aromatic N) is 2.